The van der Waals surface area contributed by atoms with Gasteiger partial charge >= 0.3 is 0 Å². The molecule has 3 aromatic rings. The number of rotatable bonds is 4. The first kappa shape index (κ1) is 18.6. The molecule has 0 bridgehead atoms. The van der Waals surface area contributed by atoms with Crippen LogP contribution in [-0.2, 0) is 11.8 Å². The number of nitrogens with one attached hydrogen (secondary N) is 1. The number of fused-ring (bicyclic) bond motifs is 1. The van der Waals surface area contributed by atoms with Gasteiger partial charge in [0.1, 0.15) is 11.6 Å². The van der Waals surface area contributed by atoms with Gasteiger partial charge in [0, 0.05) is 24.2 Å². The number of hydrogen-bond donors (Lipinski definition) is 1. The molecule has 1 N–H and O–H groups in total. The van der Waals surface area contributed by atoms with Crippen LogP contribution in [0.2, 0.25) is 0 Å². The molecule has 1 aromatic carbocycles. The number of anilines is 1. The van der Waals surface area contributed by atoms with Crippen LogP contribution in [0.4, 0.5) is 5.82 Å². The summed E-state index contributed by atoms with van der Waals surface area (Å²) in [7, 11) is 2.02. The van der Waals surface area contributed by atoms with Crippen LogP contribution in [0, 0.1) is 12.8 Å². The number of carbonyl (C=O) groups is 1. The Hall–Kier alpha value is -2.73. The van der Waals surface area contributed by atoms with Crippen LogP contribution < -0.4 is 5.32 Å². The third-order valence-corrected chi connectivity index (χ3v) is 5.75. The zero-order valence-electron chi connectivity index (χ0n) is 16.8. The van der Waals surface area contributed by atoms with E-state index in [1.807, 2.05) is 32.4 Å². The highest BCUT2D eigenvalue weighted by atomic mass is 16.2. The largest absolute Gasteiger partial charge is 0.331 e. The normalized spacial score (nSPS) is 15.8. The smallest absolute Gasteiger partial charge is 0.239 e. The Bertz CT molecular complexity index is 1000. The van der Waals surface area contributed by atoms with E-state index in [4.69, 9.17) is 0 Å². The fourth-order valence-electron chi connectivity index (χ4n) is 3.74. The van der Waals surface area contributed by atoms with Crippen molar-refractivity contribution in [3.05, 3.63) is 42.5 Å². The Morgan fingerprint density at radius 3 is 2.64 bits per heavy atom. The van der Waals surface area contributed by atoms with E-state index in [0.717, 1.165) is 59.7 Å². The van der Waals surface area contributed by atoms with E-state index in [-0.39, 0.29) is 5.91 Å². The molecule has 2 aromatic heterocycles. The molecule has 6 heteroatoms. The van der Waals surface area contributed by atoms with Crippen molar-refractivity contribution in [1.82, 2.24) is 19.4 Å². The quantitative estimate of drug-likeness (QED) is 0.754. The van der Waals surface area contributed by atoms with Crippen molar-refractivity contribution >= 4 is 22.5 Å². The highest BCUT2D eigenvalue weighted by Gasteiger charge is 2.18. The van der Waals surface area contributed by atoms with Gasteiger partial charge < -0.3 is 9.88 Å². The van der Waals surface area contributed by atoms with Gasteiger partial charge in [-0.15, -0.1) is 0 Å². The van der Waals surface area contributed by atoms with Crippen LogP contribution in [0.25, 0.3) is 22.0 Å². The molecule has 1 aliphatic rings. The lowest BCUT2D eigenvalue weighted by Crippen LogP contribution is -2.38. The second kappa shape index (κ2) is 7.72. The minimum absolute atomic E-state index is 0.000169. The molecule has 1 amide bonds. The van der Waals surface area contributed by atoms with Gasteiger partial charge in [-0.2, -0.15) is 0 Å². The molecule has 0 radical (unpaired) electrons. The molecule has 4 rings (SSSR count). The van der Waals surface area contributed by atoms with Crippen molar-refractivity contribution in [3.63, 3.8) is 0 Å². The topological polar surface area (TPSA) is 63.1 Å². The first-order valence-electron chi connectivity index (χ1n) is 9.90. The SMILES string of the molecule is Cc1ncc(-c2ccc3cnc(NC(=O)CN4CCC(C)CC4)cc3c2)n1C. The summed E-state index contributed by atoms with van der Waals surface area (Å²) in [6.07, 6.45) is 6.03. The summed E-state index contributed by atoms with van der Waals surface area (Å²) in [6, 6.07) is 8.20. The molecule has 1 aliphatic heterocycles. The maximum Gasteiger partial charge on any atom is 0.239 e. The molecular formula is C22H27N5O. The third-order valence-electron chi connectivity index (χ3n) is 5.75. The van der Waals surface area contributed by atoms with Gasteiger partial charge in [0.2, 0.25) is 5.91 Å². The van der Waals surface area contributed by atoms with E-state index in [1.165, 1.54) is 0 Å². The highest BCUT2D eigenvalue weighted by molar-refractivity contribution is 5.94. The van der Waals surface area contributed by atoms with Crippen molar-refractivity contribution in [1.29, 1.82) is 0 Å². The Morgan fingerprint density at radius 2 is 1.93 bits per heavy atom. The molecule has 28 heavy (non-hydrogen) atoms. The number of likely N-dealkylation sites (tertiary alicyclic amines) is 1. The van der Waals surface area contributed by atoms with Crippen molar-refractivity contribution in [2.75, 3.05) is 25.0 Å². The number of nitrogens with zero attached hydrogens (tertiary/aromatic N) is 4. The molecule has 3 heterocycles. The maximum atomic E-state index is 12.4. The summed E-state index contributed by atoms with van der Waals surface area (Å²) >= 11 is 0. The monoisotopic (exact) mass is 377 g/mol. The van der Waals surface area contributed by atoms with Gasteiger partial charge in [0.15, 0.2) is 0 Å². The summed E-state index contributed by atoms with van der Waals surface area (Å²) in [5.74, 6) is 2.34. The van der Waals surface area contributed by atoms with Crippen LogP contribution >= 0.6 is 0 Å². The van der Waals surface area contributed by atoms with E-state index in [2.05, 4.69) is 49.9 Å². The zero-order valence-corrected chi connectivity index (χ0v) is 16.8. The summed E-state index contributed by atoms with van der Waals surface area (Å²) in [6.45, 7) is 6.68. The minimum atomic E-state index is -0.000169. The van der Waals surface area contributed by atoms with Gasteiger partial charge in [-0.1, -0.05) is 19.1 Å². The maximum absolute atomic E-state index is 12.4. The highest BCUT2D eigenvalue weighted by Crippen LogP contribution is 2.26. The van der Waals surface area contributed by atoms with Gasteiger partial charge in [0.05, 0.1) is 18.4 Å². The molecule has 1 saturated heterocycles. The molecule has 6 nitrogen and oxygen atoms in total. The number of amides is 1. The van der Waals surface area contributed by atoms with Crippen molar-refractivity contribution in [2.45, 2.75) is 26.7 Å². The number of aromatic nitrogens is 3. The fraction of sp³-hybridized carbons (Fsp3) is 0.409. The zero-order chi connectivity index (χ0) is 19.7. The van der Waals surface area contributed by atoms with Gasteiger partial charge in [-0.25, -0.2) is 9.97 Å². The Morgan fingerprint density at radius 1 is 1.14 bits per heavy atom. The lowest BCUT2D eigenvalue weighted by atomic mass is 9.99. The lowest BCUT2D eigenvalue weighted by molar-refractivity contribution is -0.117. The molecule has 146 valence electrons. The standard InChI is InChI=1S/C22H27N5O/c1-15-6-8-27(9-7-15)14-22(28)25-21-11-19-10-17(4-5-18(19)12-24-21)20-13-23-16(2)26(20)3/h4-5,10-13,15H,6-9,14H2,1-3H3,(H,24,25,28). The second-order valence-electron chi connectivity index (χ2n) is 7.89. The summed E-state index contributed by atoms with van der Waals surface area (Å²) in [5, 5.41) is 5.05. The third kappa shape index (κ3) is 3.92. The van der Waals surface area contributed by atoms with Crippen LogP contribution in [0.1, 0.15) is 25.6 Å². The van der Waals surface area contributed by atoms with E-state index in [1.54, 1.807) is 0 Å². The average molecular weight is 377 g/mol. The first-order chi connectivity index (χ1) is 13.5. The Balaban J connectivity index is 1.50. The average Bonchev–Trinajstić information content (AvgIpc) is 3.02. The molecule has 0 atom stereocenters. The molecular weight excluding hydrogens is 350 g/mol. The van der Waals surface area contributed by atoms with E-state index < -0.39 is 0 Å². The molecule has 1 fully saturated rings. The number of imidazole rings is 1. The number of benzene rings is 1. The number of carbonyl (C=O) groups excluding carboxylic acids is 1. The molecule has 0 unspecified atom stereocenters. The van der Waals surface area contributed by atoms with Crippen LogP contribution in [-0.4, -0.2) is 45.0 Å². The fourth-order valence-corrected chi connectivity index (χ4v) is 3.74. The summed E-state index contributed by atoms with van der Waals surface area (Å²) < 4.78 is 2.07. The van der Waals surface area contributed by atoms with Crippen molar-refractivity contribution in [2.24, 2.45) is 13.0 Å². The predicted molar refractivity (Wildman–Crippen MR) is 112 cm³/mol. The van der Waals surface area contributed by atoms with E-state index in [9.17, 15) is 4.79 Å². The van der Waals surface area contributed by atoms with Gasteiger partial charge in [-0.05, 0) is 56.3 Å². The van der Waals surface area contributed by atoms with Crippen LogP contribution in [0.15, 0.2) is 36.7 Å². The van der Waals surface area contributed by atoms with E-state index in [0.29, 0.717) is 12.4 Å². The predicted octanol–water partition coefficient (Wildman–Crippen LogP) is 3.61. The summed E-state index contributed by atoms with van der Waals surface area (Å²) in [4.78, 5) is 23.4. The van der Waals surface area contributed by atoms with Gasteiger partial charge in [0.25, 0.3) is 0 Å². The van der Waals surface area contributed by atoms with Crippen LogP contribution in [0.3, 0.4) is 0 Å². The van der Waals surface area contributed by atoms with E-state index >= 15 is 0 Å². The summed E-state index contributed by atoms with van der Waals surface area (Å²) in [5.41, 5.74) is 2.17. The number of pyridine rings is 1. The lowest BCUT2D eigenvalue weighted by Gasteiger charge is -2.29. The molecule has 0 saturated carbocycles. The van der Waals surface area contributed by atoms with Crippen molar-refractivity contribution < 1.29 is 4.79 Å². The Labute approximate surface area is 165 Å². The van der Waals surface area contributed by atoms with Crippen LogP contribution in [0.5, 0.6) is 0 Å². The van der Waals surface area contributed by atoms with Gasteiger partial charge in [-0.3, -0.25) is 9.69 Å². The number of piperidine rings is 1. The molecule has 0 aliphatic carbocycles. The minimum Gasteiger partial charge on any atom is -0.331 e. The van der Waals surface area contributed by atoms with Crippen molar-refractivity contribution in [3.8, 4) is 11.3 Å². The second-order valence-corrected chi connectivity index (χ2v) is 7.89. The first-order valence-corrected chi connectivity index (χ1v) is 9.90. The number of hydrogen-bond acceptors (Lipinski definition) is 4. The Kier molecular flexibility index (Phi) is 5.13. The molecule has 0 spiro atoms. The number of aryl methyl sites for hydroxylation is 1.